The number of rotatable bonds is 8. The van der Waals surface area contributed by atoms with Crippen LogP contribution in [0.2, 0.25) is 0 Å². The summed E-state index contributed by atoms with van der Waals surface area (Å²) >= 11 is 0. The highest BCUT2D eigenvalue weighted by molar-refractivity contribution is 8.76. The van der Waals surface area contributed by atoms with Crippen LogP contribution in [-0.4, -0.2) is 53.7 Å². The van der Waals surface area contributed by atoms with Gasteiger partial charge in [-0.2, -0.15) is 0 Å². The number of nitrogens with two attached hydrogens (primary N) is 1. The molecule has 0 spiro atoms. The highest BCUT2D eigenvalue weighted by Gasteiger charge is 2.20. The Morgan fingerprint density at radius 3 is 2.33 bits per heavy atom. The van der Waals surface area contributed by atoms with Crippen molar-refractivity contribution in [2.45, 2.75) is 19.0 Å². The highest BCUT2D eigenvalue weighted by Crippen LogP contribution is 2.22. The van der Waals surface area contributed by atoms with Crippen molar-refractivity contribution < 1.29 is 24.2 Å². The van der Waals surface area contributed by atoms with Crippen LogP contribution in [0.15, 0.2) is 0 Å². The monoisotopic (exact) mass is 296 g/mol. The first-order valence-electron chi connectivity index (χ1n) is 4.96. The number of esters is 1. The van der Waals surface area contributed by atoms with Crippen LogP contribution < -0.4 is 11.1 Å². The molecule has 0 radical (unpaired) electrons. The minimum Gasteiger partial charge on any atom is -0.480 e. The van der Waals surface area contributed by atoms with Gasteiger partial charge in [-0.05, 0) is 0 Å². The van der Waals surface area contributed by atoms with E-state index in [4.69, 9.17) is 10.8 Å². The largest absolute Gasteiger partial charge is 0.480 e. The third-order valence-corrected chi connectivity index (χ3v) is 4.19. The molecule has 0 aliphatic rings. The van der Waals surface area contributed by atoms with Crippen LogP contribution in [0, 0.1) is 0 Å². The smallest absolute Gasteiger partial charge is 0.329 e. The summed E-state index contributed by atoms with van der Waals surface area (Å²) in [6.07, 6.45) is 0. The number of carboxylic acids is 1. The zero-order valence-corrected chi connectivity index (χ0v) is 11.7. The lowest BCUT2D eigenvalue weighted by molar-refractivity contribution is -0.144. The van der Waals surface area contributed by atoms with E-state index in [0.29, 0.717) is 0 Å². The summed E-state index contributed by atoms with van der Waals surface area (Å²) in [6, 6.07) is -1.69. The third kappa shape index (κ3) is 7.41. The molecule has 0 aromatic heterocycles. The van der Waals surface area contributed by atoms with Crippen molar-refractivity contribution >= 4 is 39.4 Å². The number of methoxy groups -OCH3 is 1. The van der Waals surface area contributed by atoms with E-state index in [9.17, 15) is 14.4 Å². The summed E-state index contributed by atoms with van der Waals surface area (Å²) in [5, 5.41) is 11.0. The lowest BCUT2D eigenvalue weighted by Crippen LogP contribution is -2.42. The van der Waals surface area contributed by atoms with Crippen LogP contribution in [-0.2, 0) is 19.1 Å². The Morgan fingerprint density at radius 1 is 1.33 bits per heavy atom. The van der Waals surface area contributed by atoms with Gasteiger partial charge >= 0.3 is 11.9 Å². The summed E-state index contributed by atoms with van der Waals surface area (Å²) in [7, 11) is 3.71. The minimum absolute atomic E-state index is 0.216. The van der Waals surface area contributed by atoms with Gasteiger partial charge in [0, 0.05) is 18.4 Å². The van der Waals surface area contributed by atoms with E-state index in [1.807, 2.05) is 0 Å². The standard InChI is InChI=1S/C9H16N2O5S2/c1-5(12)11-7(9(15)16-2)4-18-17-3-6(10)8(13)14/h6-7H,3-4,10H2,1-2H3,(H,11,12)(H,13,14)/t6?,7-/m0/s1. The lowest BCUT2D eigenvalue weighted by atomic mass is 10.3. The van der Waals surface area contributed by atoms with Crippen LogP contribution in [0.1, 0.15) is 6.92 Å². The molecule has 0 bridgehead atoms. The van der Waals surface area contributed by atoms with E-state index in [1.165, 1.54) is 35.6 Å². The molecule has 2 atom stereocenters. The second kappa shape index (κ2) is 9.06. The molecule has 0 aliphatic carbocycles. The van der Waals surface area contributed by atoms with E-state index in [2.05, 4.69) is 10.1 Å². The van der Waals surface area contributed by atoms with Crippen LogP contribution in [0.25, 0.3) is 0 Å². The number of aliphatic carboxylic acids is 1. The van der Waals surface area contributed by atoms with Gasteiger partial charge in [-0.25, -0.2) is 4.79 Å². The van der Waals surface area contributed by atoms with Gasteiger partial charge in [0.15, 0.2) is 0 Å². The van der Waals surface area contributed by atoms with Gasteiger partial charge in [0.05, 0.1) is 7.11 Å². The average molecular weight is 296 g/mol. The maximum atomic E-state index is 11.3. The summed E-state index contributed by atoms with van der Waals surface area (Å²) in [6.45, 7) is 1.30. The molecule has 0 heterocycles. The molecular formula is C9H16N2O5S2. The lowest BCUT2D eigenvalue weighted by Gasteiger charge is -2.14. The second-order valence-corrected chi connectivity index (χ2v) is 5.84. The zero-order chi connectivity index (χ0) is 14.1. The number of amides is 1. The molecule has 18 heavy (non-hydrogen) atoms. The Hall–Kier alpha value is -0.930. The van der Waals surface area contributed by atoms with E-state index in [-0.39, 0.29) is 17.4 Å². The van der Waals surface area contributed by atoms with E-state index in [0.717, 1.165) is 0 Å². The normalized spacial score (nSPS) is 13.5. The van der Waals surface area contributed by atoms with Crippen LogP contribution >= 0.6 is 21.6 Å². The first kappa shape index (κ1) is 17.1. The molecule has 0 rings (SSSR count). The van der Waals surface area contributed by atoms with Crippen molar-refractivity contribution in [2.24, 2.45) is 5.73 Å². The van der Waals surface area contributed by atoms with Gasteiger partial charge in [0.2, 0.25) is 5.91 Å². The van der Waals surface area contributed by atoms with Crippen molar-refractivity contribution in [2.75, 3.05) is 18.6 Å². The van der Waals surface area contributed by atoms with Crippen molar-refractivity contribution in [3.05, 3.63) is 0 Å². The van der Waals surface area contributed by atoms with E-state index >= 15 is 0 Å². The van der Waals surface area contributed by atoms with Gasteiger partial charge < -0.3 is 20.9 Å². The molecule has 0 aliphatic heterocycles. The maximum absolute atomic E-state index is 11.3. The van der Waals surface area contributed by atoms with E-state index < -0.39 is 24.0 Å². The summed E-state index contributed by atoms with van der Waals surface area (Å²) in [4.78, 5) is 32.6. The summed E-state index contributed by atoms with van der Waals surface area (Å²) < 4.78 is 4.53. The third-order valence-electron chi connectivity index (χ3n) is 1.75. The van der Waals surface area contributed by atoms with Gasteiger partial charge in [0.25, 0.3) is 0 Å². The molecule has 1 unspecified atom stereocenters. The van der Waals surface area contributed by atoms with Crippen LogP contribution in [0.3, 0.4) is 0 Å². The minimum atomic E-state index is -1.07. The molecule has 4 N–H and O–H groups in total. The Kier molecular flexibility index (Phi) is 8.59. The number of hydrogen-bond acceptors (Lipinski definition) is 7. The first-order valence-corrected chi connectivity index (χ1v) is 7.45. The second-order valence-electron chi connectivity index (χ2n) is 3.29. The van der Waals surface area contributed by atoms with Crippen LogP contribution in [0.5, 0.6) is 0 Å². The number of carboxylic acid groups (broad SMARTS) is 1. The van der Waals surface area contributed by atoms with Gasteiger partial charge in [-0.15, -0.1) is 0 Å². The molecule has 0 aromatic rings. The fourth-order valence-electron chi connectivity index (χ4n) is 0.865. The van der Waals surface area contributed by atoms with E-state index in [1.54, 1.807) is 0 Å². The Balaban J connectivity index is 4.00. The summed E-state index contributed by atoms with van der Waals surface area (Å²) in [5.41, 5.74) is 5.30. The number of hydrogen-bond donors (Lipinski definition) is 3. The number of carbonyl (C=O) groups is 3. The van der Waals surface area contributed by atoms with Crippen molar-refractivity contribution in [1.82, 2.24) is 5.32 Å². The SMILES string of the molecule is COC(=O)[C@H](CSSCC(N)C(=O)O)NC(C)=O. The molecule has 0 saturated heterocycles. The molecule has 9 heteroatoms. The fourth-order valence-corrected chi connectivity index (χ4v) is 3.13. The molecule has 1 amide bonds. The highest BCUT2D eigenvalue weighted by atomic mass is 33.1. The van der Waals surface area contributed by atoms with Crippen LogP contribution in [0.4, 0.5) is 0 Å². The Bertz CT molecular complexity index is 313. The van der Waals surface area contributed by atoms with Crippen molar-refractivity contribution in [3.8, 4) is 0 Å². The Labute approximate surface area is 113 Å². The zero-order valence-electron chi connectivity index (χ0n) is 10.0. The Morgan fingerprint density at radius 2 is 1.89 bits per heavy atom. The maximum Gasteiger partial charge on any atom is 0.329 e. The molecule has 0 fully saturated rings. The van der Waals surface area contributed by atoms with Gasteiger partial charge in [0.1, 0.15) is 12.1 Å². The first-order chi connectivity index (χ1) is 8.38. The molecule has 7 nitrogen and oxygen atoms in total. The van der Waals surface area contributed by atoms with Crippen molar-refractivity contribution in [3.63, 3.8) is 0 Å². The topological polar surface area (TPSA) is 119 Å². The quantitative estimate of drug-likeness (QED) is 0.310. The molecule has 0 aromatic carbocycles. The number of carbonyl (C=O) groups excluding carboxylic acids is 2. The van der Waals surface area contributed by atoms with Crippen molar-refractivity contribution in [1.29, 1.82) is 0 Å². The molecule has 0 saturated carbocycles. The average Bonchev–Trinajstić information content (AvgIpc) is 2.30. The molecular weight excluding hydrogens is 280 g/mol. The van der Waals surface area contributed by atoms with Gasteiger partial charge in [-0.1, -0.05) is 21.6 Å². The predicted octanol–water partition coefficient (Wildman–Crippen LogP) is -0.543. The number of nitrogens with one attached hydrogen (secondary N) is 1. The molecule has 104 valence electrons. The predicted molar refractivity (Wildman–Crippen MR) is 70.1 cm³/mol. The summed E-state index contributed by atoms with van der Waals surface area (Å²) in [5.74, 6) is -1.45. The number of ether oxygens (including phenoxy) is 1. The van der Waals surface area contributed by atoms with Gasteiger partial charge in [-0.3, -0.25) is 9.59 Å². The fraction of sp³-hybridized carbons (Fsp3) is 0.667.